The summed E-state index contributed by atoms with van der Waals surface area (Å²) in [7, 11) is 0. The number of hydrogen-bond donors (Lipinski definition) is 0. The minimum Gasteiger partial charge on any atom is -0.378 e. The molecule has 0 amide bonds. The summed E-state index contributed by atoms with van der Waals surface area (Å²) < 4.78 is 7.06. The quantitative estimate of drug-likeness (QED) is 0.817. The van der Waals surface area contributed by atoms with Crippen LogP contribution in [0.4, 0.5) is 0 Å². The van der Waals surface area contributed by atoms with E-state index in [1.807, 2.05) is 36.2 Å². The maximum Gasteiger partial charge on any atom is 0.142 e. The van der Waals surface area contributed by atoms with Gasteiger partial charge in [0.1, 0.15) is 5.15 Å². The molecule has 1 aliphatic heterocycles. The van der Waals surface area contributed by atoms with Crippen molar-refractivity contribution < 1.29 is 4.74 Å². The number of nitrogens with zero attached hydrogens (tertiary/aromatic N) is 4. The van der Waals surface area contributed by atoms with Crippen LogP contribution in [0.25, 0.3) is 5.69 Å². The van der Waals surface area contributed by atoms with Gasteiger partial charge >= 0.3 is 0 Å². The summed E-state index contributed by atoms with van der Waals surface area (Å²) in [4.78, 5) is 0. The maximum absolute atomic E-state index is 6.49. The summed E-state index contributed by atoms with van der Waals surface area (Å²) in [6, 6.07) is 8.11. The van der Waals surface area contributed by atoms with Gasteiger partial charge < -0.3 is 4.74 Å². The van der Waals surface area contributed by atoms with Gasteiger partial charge in [-0.2, -0.15) is 10.2 Å². The van der Waals surface area contributed by atoms with Crippen LogP contribution in [0.5, 0.6) is 0 Å². The van der Waals surface area contributed by atoms with E-state index in [-0.39, 0.29) is 0 Å². The highest BCUT2D eigenvalue weighted by atomic mass is 35.5. The second-order valence-corrected chi connectivity index (χ2v) is 5.71. The van der Waals surface area contributed by atoms with Crippen LogP contribution >= 0.6 is 11.6 Å². The molecule has 1 saturated heterocycles. The van der Waals surface area contributed by atoms with Crippen LogP contribution in [-0.4, -0.2) is 47.3 Å². The Balaban J connectivity index is 1.86. The average Bonchev–Trinajstić information content (AvgIpc) is 2.82. The Labute approximate surface area is 135 Å². The minimum absolute atomic E-state index is 0.582. The van der Waals surface area contributed by atoms with Gasteiger partial charge in [0, 0.05) is 0 Å². The summed E-state index contributed by atoms with van der Waals surface area (Å²) in [5.41, 5.74) is 3.87. The zero-order valence-corrected chi connectivity index (χ0v) is 13.5. The average molecular weight is 319 g/mol. The zero-order chi connectivity index (χ0) is 15.5. The zero-order valence-electron chi connectivity index (χ0n) is 12.8. The molecule has 3 rings (SSSR count). The van der Waals surface area contributed by atoms with Crippen molar-refractivity contribution in [3.8, 4) is 5.69 Å². The van der Waals surface area contributed by atoms with Crippen LogP contribution in [0.3, 0.4) is 0 Å². The lowest BCUT2D eigenvalue weighted by atomic mass is 10.2. The topological polar surface area (TPSA) is 42.7 Å². The second-order valence-electron chi connectivity index (χ2n) is 5.35. The molecule has 0 spiro atoms. The summed E-state index contributed by atoms with van der Waals surface area (Å²) in [6.45, 7) is 7.04. The van der Waals surface area contributed by atoms with Crippen LogP contribution in [0.2, 0.25) is 5.15 Å². The van der Waals surface area contributed by atoms with Gasteiger partial charge in [0.05, 0.1) is 49.5 Å². The van der Waals surface area contributed by atoms with Crippen molar-refractivity contribution in [1.29, 1.82) is 0 Å². The van der Waals surface area contributed by atoms with Crippen LogP contribution in [0, 0.1) is 13.8 Å². The van der Waals surface area contributed by atoms with Crippen LogP contribution in [0.15, 0.2) is 29.4 Å². The number of hydrazone groups is 1. The van der Waals surface area contributed by atoms with Gasteiger partial charge in [-0.05, 0) is 26.0 Å². The molecule has 116 valence electrons. The van der Waals surface area contributed by atoms with E-state index >= 15 is 0 Å². The number of aryl methyl sites for hydroxylation is 2. The SMILES string of the molecule is Cc1ccc(-n2nc(C)c(/C=N/N3CCOCC3)c2Cl)cc1. The van der Waals surface area contributed by atoms with Crippen LogP contribution < -0.4 is 0 Å². The summed E-state index contributed by atoms with van der Waals surface area (Å²) >= 11 is 6.49. The first-order valence-electron chi connectivity index (χ1n) is 7.34. The van der Waals surface area contributed by atoms with Crippen molar-refractivity contribution in [2.45, 2.75) is 13.8 Å². The second kappa shape index (κ2) is 6.50. The highest BCUT2D eigenvalue weighted by Gasteiger charge is 2.14. The molecule has 5 nitrogen and oxygen atoms in total. The first-order valence-corrected chi connectivity index (χ1v) is 7.72. The Bertz CT molecular complexity index is 672. The monoisotopic (exact) mass is 318 g/mol. The molecule has 0 saturated carbocycles. The fourth-order valence-electron chi connectivity index (χ4n) is 2.32. The Hall–Kier alpha value is -1.85. The van der Waals surface area contributed by atoms with E-state index in [9.17, 15) is 0 Å². The summed E-state index contributed by atoms with van der Waals surface area (Å²) in [5.74, 6) is 0. The number of hydrogen-bond acceptors (Lipinski definition) is 4. The van der Waals surface area contributed by atoms with Crippen molar-refractivity contribution in [2.24, 2.45) is 5.10 Å². The van der Waals surface area contributed by atoms with Crippen LogP contribution in [0.1, 0.15) is 16.8 Å². The first kappa shape index (κ1) is 15.1. The molecule has 1 aliphatic rings. The fourth-order valence-corrected chi connectivity index (χ4v) is 2.64. The highest BCUT2D eigenvalue weighted by Crippen LogP contribution is 2.22. The Morgan fingerprint density at radius 2 is 1.86 bits per heavy atom. The van der Waals surface area contributed by atoms with Gasteiger partial charge in [-0.3, -0.25) is 5.01 Å². The van der Waals surface area contributed by atoms with E-state index < -0.39 is 0 Å². The summed E-state index contributed by atoms with van der Waals surface area (Å²) in [6.07, 6.45) is 1.79. The van der Waals surface area contributed by atoms with Gasteiger partial charge in [0.25, 0.3) is 0 Å². The molecule has 6 heteroatoms. The lowest BCUT2D eigenvalue weighted by molar-refractivity contribution is 0.0397. The van der Waals surface area contributed by atoms with E-state index in [1.54, 1.807) is 10.9 Å². The number of morpholine rings is 1. The molecule has 0 atom stereocenters. The molecule has 1 aromatic carbocycles. The maximum atomic E-state index is 6.49. The van der Waals surface area contributed by atoms with Crippen molar-refractivity contribution in [1.82, 2.24) is 14.8 Å². The molecule has 1 fully saturated rings. The largest absolute Gasteiger partial charge is 0.378 e. The Kier molecular flexibility index (Phi) is 4.45. The van der Waals surface area contributed by atoms with E-state index in [0.29, 0.717) is 18.4 Å². The lowest BCUT2D eigenvalue weighted by Gasteiger charge is -2.23. The van der Waals surface area contributed by atoms with Gasteiger partial charge in [0.2, 0.25) is 0 Å². The third-order valence-corrected chi connectivity index (χ3v) is 4.03. The highest BCUT2D eigenvalue weighted by molar-refractivity contribution is 6.32. The summed E-state index contributed by atoms with van der Waals surface area (Å²) in [5, 5.41) is 11.6. The van der Waals surface area contributed by atoms with Crippen molar-refractivity contribution >= 4 is 17.8 Å². The van der Waals surface area contributed by atoms with E-state index in [1.165, 1.54) is 5.56 Å². The molecule has 0 bridgehead atoms. The predicted octanol–water partition coefficient (Wildman–Crippen LogP) is 2.81. The fraction of sp³-hybridized carbons (Fsp3) is 0.375. The van der Waals surface area contributed by atoms with E-state index in [0.717, 1.165) is 30.0 Å². The Morgan fingerprint density at radius 1 is 1.18 bits per heavy atom. The normalized spacial score (nSPS) is 15.7. The van der Waals surface area contributed by atoms with Crippen LogP contribution in [-0.2, 0) is 4.74 Å². The molecule has 2 aromatic rings. The standard InChI is InChI=1S/C16H19ClN4O/c1-12-3-5-14(6-4-12)21-16(17)15(13(2)19-21)11-18-20-7-9-22-10-8-20/h3-6,11H,7-10H2,1-2H3/b18-11+. The molecule has 0 radical (unpaired) electrons. The third kappa shape index (κ3) is 3.15. The molecular weight excluding hydrogens is 300 g/mol. The number of halogens is 1. The smallest absolute Gasteiger partial charge is 0.142 e. The van der Waals surface area contributed by atoms with E-state index in [2.05, 4.69) is 17.1 Å². The van der Waals surface area contributed by atoms with Gasteiger partial charge in [-0.15, -0.1) is 0 Å². The number of aromatic nitrogens is 2. The first-order chi connectivity index (χ1) is 10.6. The molecule has 0 N–H and O–H groups in total. The van der Waals surface area contributed by atoms with Gasteiger partial charge in [-0.25, -0.2) is 4.68 Å². The number of benzene rings is 1. The molecule has 1 aromatic heterocycles. The molecule has 0 aliphatic carbocycles. The molecular formula is C16H19ClN4O. The van der Waals surface area contributed by atoms with Gasteiger partial charge in [-0.1, -0.05) is 29.3 Å². The number of ether oxygens (including phenoxy) is 1. The van der Waals surface area contributed by atoms with Crippen molar-refractivity contribution in [3.05, 3.63) is 46.2 Å². The van der Waals surface area contributed by atoms with Gasteiger partial charge in [0.15, 0.2) is 0 Å². The third-order valence-electron chi connectivity index (χ3n) is 3.66. The lowest BCUT2D eigenvalue weighted by Crippen LogP contribution is -2.32. The minimum atomic E-state index is 0.582. The molecule has 2 heterocycles. The van der Waals surface area contributed by atoms with Crippen molar-refractivity contribution in [3.63, 3.8) is 0 Å². The Morgan fingerprint density at radius 3 is 2.55 bits per heavy atom. The molecule has 22 heavy (non-hydrogen) atoms. The number of rotatable bonds is 3. The van der Waals surface area contributed by atoms with Crippen molar-refractivity contribution in [2.75, 3.05) is 26.3 Å². The predicted molar refractivity (Wildman–Crippen MR) is 88.0 cm³/mol. The van der Waals surface area contributed by atoms with E-state index in [4.69, 9.17) is 16.3 Å². The molecule has 0 unspecified atom stereocenters.